The molecular weight excluding hydrogens is 329 g/mol. The standard InChI is InChI=1S/C12H12ClF3N2O4/c1-5(12(14,15)16)17-10(20)9(19)6-4-18(2)8(7(6)13)11(21)22-3/h4-5H,1-3H3,(H,17,20)/t5-/m1/s1. The summed E-state index contributed by atoms with van der Waals surface area (Å²) in [5, 5.41) is 1.15. The number of aromatic nitrogens is 1. The van der Waals surface area contributed by atoms with E-state index in [4.69, 9.17) is 11.6 Å². The molecule has 1 aromatic heterocycles. The molecule has 6 nitrogen and oxygen atoms in total. The second-order valence-electron chi connectivity index (χ2n) is 4.37. The number of aryl methyl sites for hydroxylation is 1. The molecule has 0 aliphatic rings. The Labute approximate surface area is 128 Å². The van der Waals surface area contributed by atoms with Crippen molar-refractivity contribution in [1.29, 1.82) is 0 Å². The van der Waals surface area contributed by atoms with Gasteiger partial charge in [-0.3, -0.25) is 9.59 Å². The molecule has 0 radical (unpaired) electrons. The van der Waals surface area contributed by atoms with E-state index in [9.17, 15) is 27.6 Å². The summed E-state index contributed by atoms with van der Waals surface area (Å²) in [6.07, 6.45) is -3.62. The van der Waals surface area contributed by atoms with Gasteiger partial charge in [0.25, 0.3) is 11.7 Å². The van der Waals surface area contributed by atoms with Crippen LogP contribution in [0.5, 0.6) is 0 Å². The van der Waals surface area contributed by atoms with Gasteiger partial charge >= 0.3 is 12.1 Å². The van der Waals surface area contributed by atoms with Gasteiger partial charge in [0.15, 0.2) is 0 Å². The summed E-state index contributed by atoms with van der Waals surface area (Å²) in [6, 6.07) is -2.20. The summed E-state index contributed by atoms with van der Waals surface area (Å²) in [5.74, 6) is -3.61. The predicted molar refractivity (Wildman–Crippen MR) is 69.8 cm³/mol. The number of nitrogens with zero attached hydrogens (tertiary/aromatic N) is 1. The molecule has 10 heteroatoms. The van der Waals surface area contributed by atoms with Crippen molar-refractivity contribution >= 4 is 29.3 Å². The lowest BCUT2D eigenvalue weighted by molar-refractivity contribution is -0.156. The number of carbonyl (C=O) groups is 3. The number of hydrogen-bond donors (Lipinski definition) is 1. The van der Waals surface area contributed by atoms with Crippen molar-refractivity contribution in [2.75, 3.05) is 7.11 Å². The molecule has 0 aromatic carbocycles. The fourth-order valence-corrected chi connectivity index (χ4v) is 1.90. The minimum absolute atomic E-state index is 0.191. The average molecular weight is 341 g/mol. The smallest absolute Gasteiger partial charge is 0.408 e. The Balaban J connectivity index is 3.05. The third-order valence-corrected chi connectivity index (χ3v) is 3.17. The Morgan fingerprint density at radius 1 is 1.36 bits per heavy atom. The Bertz CT molecular complexity index is 625. The average Bonchev–Trinajstić information content (AvgIpc) is 2.71. The minimum Gasteiger partial charge on any atom is -0.464 e. The number of hydrogen-bond acceptors (Lipinski definition) is 4. The summed E-state index contributed by atoms with van der Waals surface area (Å²) < 4.78 is 42.7. The SMILES string of the molecule is COC(=O)c1c(Cl)c(C(=O)C(=O)N[C@H](C)C(F)(F)F)cn1C. The summed E-state index contributed by atoms with van der Waals surface area (Å²) in [7, 11) is 2.45. The van der Waals surface area contributed by atoms with Crippen LogP contribution in [0.4, 0.5) is 13.2 Å². The molecule has 0 fully saturated rings. The van der Waals surface area contributed by atoms with Crippen LogP contribution in [0.15, 0.2) is 6.20 Å². The molecule has 0 bridgehead atoms. The van der Waals surface area contributed by atoms with Crippen LogP contribution in [0.1, 0.15) is 27.8 Å². The maximum Gasteiger partial charge on any atom is 0.408 e. The number of amides is 1. The topological polar surface area (TPSA) is 77.4 Å². The molecule has 0 saturated heterocycles. The molecule has 0 aliphatic heterocycles. The van der Waals surface area contributed by atoms with Gasteiger partial charge in [0, 0.05) is 13.2 Å². The van der Waals surface area contributed by atoms with Crippen LogP contribution >= 0.6 is 11.6 Å². The lowest BCUT2D eigenvalue weighted by Crippen LogP contribution is -2.45. The minimum atomic E-state index is -4.69. The number of rotatable bonds is 4. The number of alkyl halides is 3. The van der Waals surface area contributed by atoms with Crippen molar-refractivity contribution in [2.45, 2.75) is 19.1 Å². The molecule has 1 rings (SSSR count). The number of esters is 1. The highest BCUT2D eigenvalue weighted by Gasteiger charge is 2.38. The number of methoxy groups -OCH3 is 1. The van der Waals surface area contributed by atoms with E-state index in [1.165, 1.54) is 12.4 Å². The Morgan fingerprint density at radius 2 is 1.91 bits per heavy atom. The molecule has 1 N–H and O–H groups in total. The van der Waals surface area contributed by atoms with Crippen molar-refractivity contribution in [3.05, 3.63) is 22.5 Å². The van der Waals surface area contributed by atoms with Crippen LogP contribution in [-0.2, 0) is 16.6 Å². The fourth-order valence-electron chi connectivity index (χ4n) is 1.55. The third-order valence-electron chi connectivity index (χ3n) is 2.79. The molecule has 1 aromatic rings. The molecule has 0 spiro atoms. The largest absolute Gasteiger partial charge is 0.464 e. The van der Waals surface area contributed by atoms with Crippen LogP contribution in [0.25, 0.3) is 0 Å². The Hall–Kier alpha value is -2.03. The van der Waals surface area contributed by atoms with Gasteiger partial charge in [0.2, 0.25) is 0 Å². The molecule has 0 saturated carbocycles. The first-order valence-electron chi connectivity index (χ1n) is 5.85. The summed E-state index contributed by atoms with van der Waals surface area (Å²) in [5.41, 5.74) is -0.583. The lowest BCUT2D eigenvalue weighted by atomic mass is 10.2. The molecule has 1 amide bonds. The van der Waals surface area contributed by atoms with Crippen LogP contribution in [0.2, 0.25) is 5.02 Å². The lowest BCUT2D eigenvalue weighted by Gasteiger charge is -2.16. The second-order valence-corrected chi connectivity index (χ2v) is 4.75. The number of halogens is 4. The predicted octanol–water partition coefficient (Wildman–Crippen LogP) is 1.71. The zero-order valence-corrected chi connectivity index (χ0v) is 12.5. The number of carbonyl (C=O) groups excluding carboxylic acids is 3. The number of ether oxygens (including phenoxy) is 1. The number of Topliss-reactive ketones (excluding diaryl/α,β-unsaturated/α-hetero) is 1. The van der Waals surface area contributed by atoms with Gasteiger partial charge in [-0.25, -0.2) is 4.79 Å². The Kier molecular flexibility index (Phi) is 5.23. The first-order valence-corrected chi connectivity index (χ1v) is 6.23. The van der Waals surface area contributed by atoms with Gasteiger partial charge in [-0.1, -0.05) is 11.6 Å². The molecule has 22 heavy (non-hydrogen) atoms. The van der Waals surface area contributed by atoms with Crippen LogP contribution in [0, 0.1) is 0 Å². The van der Waals surface area contributed by atoms with E-state index < -0.39 is 35.4 Å². The van der Waals surface area contributed by atoms with E-state index >= 15 is 0 Å². The monoisotopic (exact) mass is 340 g/mol. The maximum atomic E-state index is 12.4. The summed E-state index contributed by atoms with van der Waals surface area (Å²) in [6.45, 7) is 0.692. The fraction of sp³-hybridized carbons (Fsp3) is 0.417. The summed E-state index contributed by atoms with van der Waals surface area (Å²) in [4.78, 5) is 34.9. The summed E-state index contributed by atoms with van der Waals surface area (Å²) >= 11 is 5.82. The van der Waals surface area contributed by atoms with Gasteiger partial charge in [0.05, 0.1) is 17.7 Å². The van der Waals surface area contributed by atoms with Crippen molar-refractivity contribution in [3.8, 4) is 0 Å². The van der Waals surface area contributed by atoms with Crippen molar-refractivity contribution in [2.24, 2.45) is 7.05 Å². The van der Waals surface area contributed by atoms with E-state index in [1.54, 1.807) is 0 Å². The molecular formula is C12H12ClF3N2O4. The second kappa shape index (κ2) is 6.39. The Morgan fingerprint density at radius 3 is 2.36 bits per heavy atom. The first-order chi connectivity index (χ1) is 10.0. The van der Waals surface area contributed by atoms with E-state index in [0.717, 1.165) is 17.9 Å². The van der Waals surface area contributed by atoms with Crippen molar-refractivity contribution in [1.82, 2.24) is 9.88 Å². The van der Waals surface area contributed by atoms with Gasteiger partial charge in [-0.15, -0.1) is 0 Å². The molecule has 122 valence electrons. The van der Waals surface area contributed by atoms with E-state index in [2.05, 4.69) is 4.74 Å². The van der Waals surface area contributed by atoms with Crippen LogP contribution < -0.4 is 5.32 Å². The maximum absolute atomic E-state index is 12.4. The van der Waals surface area contributed by atoms with E-state index in [-0.39, 0.29) is 10.7 Å². The highest BCUT2D eigenvalue weighted by Crippen LogP contribution is 2.25. The van der Waals surface area contributed by atoms with Crippen molar-refractivity contribution < 1.29 is 32.3 Å². The van der Waals surface area contributed by atoms with E-state index in [0.29, 0.717) is 6.92 Å². The zero-order chi connectivity index (χ0) is 17.2. The van der Waals surface area contributed by atoms with Gasteiger partial charge in [-0.05, 0) is 6.92 Å². The zero-order valence-electron chi connectivity index (χ0n) is 11.7. The number of nitrogens with one attached hydrogen (secondary N) is 1. The molecule has 1 heterocycles. The highest BCUT2D eigenvalue weighted by atomic mass is 35.5. The van der Waals surface area contributed by atoms with Gasteiger partial charge < -0.3 is 14.6 Å². The van der Waals surface area contributed by atoms with Gasteiger partial charge in [0.1, 0.15) is 11.7 Å². The molecule has 1 atom stereocenters. The molecule has 0 unspecified atom stereocenters. The first kappa shape index (κ1) is 18.0. The third kappa shape index (κ3) is 3.59. The quantitative estimate of drug-likeness (QED) is 0.514. The van der Waals surface area contributed by atoms with E-state index in [1.807, 2.05) is 0 Å². The van der Waals surface area contributed by atoms with Crippen molar-refractivity contribution in [3.63, 3.8) is 0 Å². The normalized spacial score (nSPS) is 12.7. The molecule has 0 aliphatic carbocycles. The van der Waals surface area contributed by atoms with Gasteiger partial charge in [-0.2, -0.15) is 13.2 Å². The number of ketones is 1. The highest BCUT2D eigenvalue weighted by molar-refractivity contribution is 6.48. The van der Waals surface area contributed by atoms with Crippen LogP contribution in [0.3, 0.4) is 0 Å². The van der Waals surface area contributed by atoms with Crippen LogP contribution in [-0.4, -0.2) is 41.6 Å².